The molecule has 1 unspecified atom stereocenters. The van der Waals surface area contributed by atoms with Crippen molar-refractivity contribution < 1.29 is 9.18 Å². The number of rotatable bonds is 5. The molecule has 0 aromatic heterocycles. The van der Waals surface area contributed by atoms with Gasteiger partial charge < -0.3 is 10.2 Å². The molecule has 1 aromatic rings. The van der Waals surface area contributed by atoms with Crippen LogP contribution in [0.5, 0.6) is 0 Å². The first-order valence-corrected chi connectivity index (χ1v) is 8.33. The predicted octanol–water partition coefficient (Wildman–Crippen LogP) is 3.64. The molecular formula is C16H22BrFN2O. The molecule has 0 bridgehead atoms. The van der Waals surface area contributed by atoms with Crippen LogP contribution >= 0.6 is 15.9 Å². The van der Waals surface area contributed by atoms with E-state index in [2.05, 4.69) is 21.2 Å². The summed E-state index contributed by atoms with van der Waals surface area (Å²) in [5, 5.41) is 3.33. The number of nitrogens with zero attached hydrogens (tertiary/aromatic N) is 1. The minimum absolute atomic E-state index is 0.0779. The molecule has 1 heterocycles. The zero-order valence-corrected chi connectivity index (χ0v) is 14.0. The van der Waals surface area contributed by atoms with E-state index in [0.29, 0.717) is 13.0 Å². The second-order valence-electron chi connectivity index (χ2n) is 5.53. The van der Waals surface area contributed by atoms with Crippen molar-refractivity contribution in [3.8, 4) is 0 Å². The van der Waals surface area contributed by atoms with E-state index in [1.54, 1.807) is 6.07 Å². The summed E-state index contributed by atoms with van der Waals surface area (Å²) in [5.74, 6) is -0.0225. The fourth-order valence-electron chi connectivity index (χ4n) is 2.66. The average Bonchev–Trinajstić information content (AvgIpc) is 2.47. The van der Waals surface area contributed by atoms with Crippen LogP contribution < -0.4 is 5.32 Å². The summed E-state index contributed by atoms with van der Waals surface area (Å²) >= 11 is 3.38. The standard InChI is InChI=1S/C16H22BrFN2O/c1-12(14-6-5-13(18)11-15(14)17)19-8-7-16(21)20-9-3-2-4-10-20/h5-6,11-12,19H,2-4,7-10H2,1H3. The van der Waals surface area contributed by atoms with Gasteiger partial charge in [0, 0.05) is 36.6 Å². The van der Waals surface area contributed by atoms with Crippen LogP contribution in [0.3, 0.4) is 0 Å². The van der Waals surface area contributed by atoms with Crippen LogP contribution in [0.4, 0.5) is 4.39 Å². The van der Waals surface area contributed by atoms with E-state index in [-0.39, 0.29) is 17.8 Å². The molecule has 1 aromatic carbocycles. The molecule has 2 rings (SSSR count). The number of carbonyl (C=O) groups is 1. The molecule has 0 radical (unpaired) electrons. The summed E-state index contributed by atoms with van der Waals surface area (Å²) in [6.45, 7) is 4.46. The number of benzene rings is 1. The number of nitrogens with one attached hydrogen (secondary N) is 1. The lowest BCUT2D eigenvalue weighted by Gasteiger charge is -2.27. The Morgan fingerprint density at radius 2 is 2.10 bits per heavy atom. The number of amides is 1. The first-order valence-electron chi connectivity index (χ1n) is 7.54. The summed E-state index contributed by atoms with van der Waals surface area (Å²) in [7, 11) is 0. The Balaban J connectivity index is 1.78. The molecule has 0 aliphatic carbocycles. The van der Waals surface area contributed by atoms with Crippen LogP contribution in [0.15, 0.2) is 22.7 Å². The highest BCUT2D eigenvalue weighted by Gasteiger charge is 2.16. The molecule has 21 heavy (non-hydrogen) atoms. The van der Waals surface area contributed by atoms with Crippen molar-refractivity contribution in [2.45, 2.75) is 38.6 Å². The lowest BCUT2D eigenvalue weighted by atomic mass is 10.1. The first-order chi connectivity index (χ1) is 10.1. The molecule has 1 aliphatic rings. The first kappa shape index (κ1) is 16.4. The van der Waals surface area contributed by atoms with Crippen LogP contribution in [0.1, 0.15) is 44.2 Å². The van der Waals surface area contributed by atoms with Gasteiger partial charge >= 0.3 is 0 Å². The van der Waals surface area contributed by atoms with Crippen molar-refractivity contribution in [3.05, 3.63) is 34.1 Å². The lowest BCUT2D eigenvalue weighted by molar-refractivity contribution is -0.132. The molecule has 0 spiro atoms. The van der Waals surface area contributed by atoms with Crippen molar-refractivity contribution in [3.63, 3.8) is 0 Å². The number of piperidine rings is 1. The van der Waals surface area contributed by atoms with Crippen LogP contribution in [0.25, 0.3) is 0 Å². The van der Waals surface area contributed by atoms with Crippen molar-refractivity contribution in [1.82, 2.24) is 10.2 Å². The highest BCUT2D eigenvalue weighted by molar-refractivity contribution is 9.10. The molecule has 1 fully saturated rings. The van der Waals surface area contributed by atoms with Crippen molar-refractivity contribution in [2.24, 2.45) is 0 Å². The molecule has 0 saturated carbocycles. The smallest absolute Gasteiger partial charge is 0.223 e. The van der Waals surface area contributed by atoms with Gasteiger partial charge in [-0.3, -0.25) is 4.79 Å². The van der Waals surface area contributed by atoms with Gasteiger partial charge in [0.15, 0.2) is 0 Å². The summed E-state index contributed by atoms with van der Waals surface area (Å²) in [6.07, 6.45) is 4.00. The Bertz CT molecular complexity index is 489. The van der Waals surface area contributed by atoms with E-state index in [1.165, 1.54) is 18.6 Å². The van der Waals surface area contributed by atoms with Gasteiger partial charge in [-0.15, -0.1) is 0 Å². The Hall–Kier alpha value is -0.940. The van der Waals surface area contributed by atoms with E-state index >= 15 is 0 Å². The normalized spacial score (nSPS) is 16.8. The summed E-state index contributed by atoms with van der Waals surface area (Å²) in [4.78, 5) is 14.0. The van der Waals surface area contributed by atoms with Gasteiger partial charge in [-0.25, -0.2) is 4.39 Å². The maximum atomic E-state index is 13.1. The fourth-order valence-corrected chi connectivity index (χ4v) is 3.35. The fraction of sp³-hybridized carbons (Fsp3) is 0.562. The molecule has 5 heteroatoms. The predicted molar refractivity (Wildman–Crippen MR) is 85.6 cm³/mol. The van der Waals surface area contributed by atoms with Gasteiger partial charge in [0.1, 0.15) is 5.82 Å². The van der Waals surface area contributed by atoms with Crippen LogP contribution in [-0.2, 0) is 4.79 Å². The molecule has 1 aliphatic heterocycles. The lowest BCUT2D eigenvalue weighted by Crippen LogP contribution is -2.37. The van der Waals surface area contributed by atoms with Gasteiger partial charge in [0.25, 0.3) is 0 Å². The van der Waals surface area contributed by atoms with E-state index in [4.69, 9.17) is 0 Å². The maximum Gasteiger partial charge on any atom is 0.223 e. The quantitative estimate of drug-likeness (QED) is 0.873. The largest absolute Gasteiger partial charge is 0.343 e. The minimum Gasteiger partial charge on any atom is -0.343 e. The Morgan fingerprint density at radius 1 is 1.38 bits per heavy atom. The minimum atomic E-state index is -0.252. The van der Waals surface area contributed by atoms with Gasteiger partial charge in [-0.2, -0.15) is 0 Å². The van der Waals surface area contributed by atoms with Gasteiger partial charge in [-0.1, -0.05) is 22.0 Å². The van der Waals surface area contributed by atoms with E-state index < -0.39 is 0 Å². The third kappa shape index (κ3) is 4.78. The molecule has 1 atom stereocenters. The van der Waals surface area contributed by atoms with Gasteiger partial charge in [0.05, 0.1) is 0 Å². The zero-order chi connectivity index (χ0) is 15.2. The maximum absolute atomic E-state index is 13.1. The summed E-state index contributed by atoms with van der Waals surface area (Å²) < 4.78 is 13.8. The second-order valence-corrected chi connectivity index (χ2v) is 6.39. The van der Waals surface area contributed by atoms with Crippen LogP contribution in [0.2, 0.25) is 0 Å². The van der Waals surface area contributed by atoms with E-state index in [1.807, 2.05) is 11.8 Å². The third-order valence-corrected chi connectivity index (χ3v) is 4.61. The number of hydrogen-bond donors (Lipinski definition) is 1. The van der Waals surface area contributed by atoms with Crippen molar-refractivity contribution >= 4 is 21.8 Å². The van der Waals surface area contributed by atoms with Crippen LogP contribution in [0, 0.1) is 5.82 Å². The van der Waals surface area contributed by atoms with Crippen molar-refractivity contribution in [2.75, 3.05) is 19.6 Å². The number of halogens is 2. The monoisotopic (exact) mass is 356 g/mol. The second kappa shape index (κ2) is 7.90. The molecule has 116 valence electrons. The van der Waals surface area contributed by atoms with E-state index in [9.17, 15) is 9.18 Å². The molecular weight excluding hydrogens is 335 g/mol. The van der Waals surface area contributed by atoms with E-state index in [0.717, 1.165) is 36.0 Å². The average molecular weight is 357 g/mol. The van der Waals surface area contributed by atoms with Crippen molar-refractivity contribution in [1.29, 1.82) is 0 Å². The highest BCUT2D eigenvalue weighted by atomic mass is 79.9. The Morgan fingerprint density at radius 3 is 2.76 bits per heavy atom. The van der Waals surface area contributed by atoms with Gasteiger partial charge in [-0.05, 0) is 43.9 Å². The Labute approximate surface area is 134 Å². The molecule has 1 saturated heterocycles. The number of carbonyl (C=O) groups excluding carboxylic acids is 1. The SMILES string of the molecule is CC(NCCC(=O)N1CCCCC1)c1ccc(F)cc1Br. The summed E-state index contributed by atoms with van der Waals surface area (Å²) in [5.41, 5.74) is 1.00. The third-order valence-electron chi connectivity index (χ3n) is 3.93. The molecule has 1 N–H and O–H groups in total. The Kier molecular flexibility index (Phi) is 6.18. The number of likely N-dealkylation sites (tertiary alicyclic amines) is 1. The number of hydrogen-bond acceptors (Lipinski definition) is 2. The molecule has 3 nitrogen and oxygen atoms in total. The van der Waals surface area contributed by atoms with Gasteiger partial charge in [0.2, 0.25) is 5.91 Å². The topological polar surface area (TPSA) is 32.3 Å². The summed E-state index contributed by atoms with van der Waals surface area (Å²) in [6, 6.07) is 4.77. The van der Waals surface area contributed by atoms with Crippen LogP contribution in [-0.4, -0.2) is 30.4 Å². The highest BCUT2D eigenvalue weighted by Crippen LogP contribution is 2.24. The molecule has 1 amide bonds. The zero-order valence-electron chi connectivity index (χ0n) is 12.4.